The van der Waals surface area contributed by atoms with Gasteiger partial charge in [0.25, 0.3) is 5.91 Å². The second kappa shape index (κ2) is 13.1. The molecule has 0 aliphatic carbocycles. The molecular formula is C26H31BrN4O2. The van der Waals surface area contributed by atoms with Crippen LogP contribution in [-0.4, -0.2) is 42.0 Å². The van der Waals surface area contributed by atoms with Crippen LogP contribution in [0, 0.1) is 11.3 Å². The predicted octanol–water partition coefficient (Wildman–Crippen LogP) is 5.27. The maximum Gasteiger partial charge on any atom is 0.262 e. The Labute approximate surface area is 204 Å². The Morgan fingerprint density at radius 2 is 2.00 bits per heavy atom. The van der Waals surface area contributed by atoms with Gasteiger partial charge in [0.15, 0.2) is 0 Å². The molecule has 1 aromatic heterocycles. The van der Waals surface area contributed by atoms with E-state index in [4.69, 9.17) is 4.74 Å². The molecule has 1 amide bonds. The quantitative estimate of drug-likeness (QED) is 0.267. The summed E-state index contributed by atoms with van der Waals surface area (Å²) in [5.74, 6) is 0.426. The first-order chi connectivity index (χ1) is 16.1. The Balaban J connectivity index is 1.60. The van der Waals surface area contributed by atoms with Crippen LogP contribution >= 0.6 is 15.9 Å². The topological polar surface area (TPSA) is 78.2 Å². The number of pyridine rings is 1. The summed E-state index contributed by atoms with van der Waals surface area (Å²) in [5, 5.41) is 12.5. The molecule has 1 aliphatic rings. The Kier molecular flexibility index (Phi) is 9.92. The highest BCUT2D eigenvalue weighted by Crippen LogP contribution is 2.22. The maximum absolute atomic E-state index is 12.8. The highest BCUT2D eigenvalue weighted by atomic mass is 79.9. The summed E-state index contributed by atoms with van der Waals surface area (Å²) in [6.45, 7) is 6.03. The van der Waals surface area contributed by atoms with E-state index in [0.717, 1.165) is 43.8 Å². The number of carbonyl (C=O) groups excluding carboxylic acids is 1. The number of nitrogens with one attached hydrogen (secondary N) is 1. The van der Waals surface area contributed by atoms with Crippen LogP contribution in [0.1, 0.15) is 56.3 Å². The number of likely N-dealkylation sites (tertiary alicyclic amines) is 1. The average molecular weight is 511 g/mol. The van der Waals surface area contributed by atoms with Gasteiger partial charge in [-0.05, 0) is 84.2 Å². The zero-order valence-corrected chi connectivity index (χ0v) is 20.7. The molecular weight excluding hydrogens is 480 g/mol. The molecule has 1 unspecified atom stereocenters. The summed E-state index contributed by atoms with van der Waals surface area (Å²) in [6.07, 6.45) is 7.07. The zero-order chi connectivity index (χ0) is 23.5. The van der Waals surface area contributed by atoms with Crippen LogP contribution in [0.5, 0.6) is 5.75 Å². The largest absolute Gasteiger partial charge is 0.492 e. The number of benzene rings is 1. The molecule has 0 radical (unpaired) electrons. The normalized spacial score (nSPS) is 15.5. The molecule has 2 heterocycles. The molecule has 1 aliphatic heterocycles. The van der Waals surface area contributed by atoms with E-state index >= 15 is 0 Å². The first-order valence-corrected chi connectivity index (χ1v) is 12.4. The number of halogens is 1. The Hall–Kier alpha value is -2.69. The van der Waals surface area contributed by atoms with E-state index in [2.05, 4.69) is 38.1 Å². The minimum atomic E-state index is -0.403. The highest BCUT2D eigenvalue weighted by molar-refractivity contribution is 9.10. The van der Waals surface area contributed by atoms with Gasteiger partial charge in [0.1, 0.15) is 28.6 Å². The van der Waals surface area contributed by atoms with Crippen molar-refractivity contribution < 1.29 is 9.53 Å². The Morgan fingerprint density at radius 1 is 1.24 bits per heavy atom. The first-order valence-electron chi connectivity index (χ1n) is 11.6. The number of hydrogen-bond acceptors (Lipinski definition) is 5. The molecule has 1 N–H and O–H groups in total. The lowest BCUT2D eigenvalue weighted by molar-refractivity contribution is -0.117. The third kappa shape index (κ3) is 7.99. The molecule has 1 aromatic carbocycles. The fourth-order valence-electron chi connectivity index (χ4n) is 3.92. The second-order valence-electron chi connectivity index (χ2n) is 8.19. The molecule has 7 heteroatoms. The van der Waals surface area contributed by atoms with Gasteiger partial charge in [-0.1, -0.05) is 38.0 Å². The van der Waals surface area contributed by atoms with Crippen molar-refractivity contribution in [1.82, 2.24) is 15.2 Å². The van der Waals surface area contributed by atoms with Gasteiger partial charge in [-0.25, -0.2) is 4.98 Å². The van der Waals surface area contributed by atoms with E-state index in [1.807, 2.05) is 36.4 Å². The number of rotatable bonds is 10. The standard InChI is InChI=1S/C26H31BrN4O2/c1-2-7-24(30-26(32)21(19-28)18-22-8-6-9-25(27)29-22)20-10-12-23(13-11-20)33-17-16-31-14-4-3-5-15-31/h6,8-13,18,24H,2-5,7,14-17H2,1H3,(H,30,32)/b21-18+. The van der Waals surface area contributed by atoms with Crippen LogP contribution in [-0.2, 0) is 4.79 Å². The van der Waals surface area contributed by atoms with Crippen LogP contribution in [0.15, 0.2) is 52.6 Å². The SMILES string of the molecule is CCCC(NC(=O)/C(C#N)=C/c1cccc(Br)n1)c1ccc(OCCN2CCCCC2)cc1. The summed E-state index contributed by atoms with van der Waals surface area (Å²) in [5.41, 5.74) is 1.57. The number of piperidine rings is 1. The van der Waals surface area contributed by atoms with E-state index in [-0.39, 0.29) is 11.6 Å². The van der Waals surface area contributed by atoms with Crippen LogP contribution < -0.4 is 10.1 Å². The molecule has 3 rings (SSSR count). The van der Waals surface area contributed by atoms with Crippen molar-refractivity contribution in [3.63, 3.8) is 0 Å². The van der Waals surface area contributed by atoms with Crippen molar-refractivity contribution >= 4 is 27.9 Å². The maximum atomic E-state index is 12.8. The number of hydrogen-bond donors (Lipinski definition) is 1. The fourth-order valence-corrected chi connectivity index (χ4v) is 4.28. The molecule has 0 saturated carbocycles. The number of ether oxygens (including phenoxy) is 1. The number of aromatic nitrogens is 1. The third-order valence-electron chi connectivity index (χ3n) is 5.68. The van der Waals surface area contributed by atoms with Gasteiger partial charge in [-0.15, -0.1) is 0 Å². The summed E-state index contributed by atoms with van der Waals surface area (Å²) in [4.78, 5) is 19.5. The van der Waals surface area contributed by atoms with Crippen LogP contribution in [0.4, 0.5) is 0 Å². The van der Waals surface area contributed by atoms with Crippen molar-refractivity contribution in [2.75, 3.05) is 26.2 Å². The summed E-state index contributed by atoms with van der Waals surface area (Å²) in [7, 11) is 0. The van der Waals surface area contributed by atoms with Crippen LogP contribution in [0.2, 0.25) is 0 Å². The molecule has 1 saturated heterocycles. The van der Waals surface area contributed by atoms with Gasteiger partial charge in [0.2, 0.25) is 0 Å². The number of amides is 1. The summed E-state index contributed by atoms with van der Waals surface area (Å²) >= 11 is 3.31. The van der Waals surface area contributed by atoms with Crippen LogP contribution in [0.3, 0.4) is 0 Å². The van der Waals surface area contributed by atoms with Gasteiger partial charge in [-0.3, -0.25) is 9.69 Å². The number of nitriles is 1. The van der Waals surface area contributed by atoms with E-state index in [1.54, 1.807) is 12.1 Å². The van der Waals surface area contributed by atoms with Gasteiger partial charge in [0, 0.05) is 6.54 Å². The van der Waals surface area contributed by atoms with E-state index in [1.165, 1.54) is 25.3 Å². The molecule has 33 heavy (non-hydrogen) atoms. The lowest BCUT2D eigenvalue weighted by Crippen LogP contribution is -2.33. The molecule has 1 atom stereocenters. The van der Waals surface area contributed by atoms with E-state index in [0.29, 0.717) is 16.9 Å². The van der Waals surface area contributed by atoms with Gasteiger partial charge in [-0.2, -0.15) is 5.26 Å². The number of nitrogens with zero attached hydrogens (tertiary/aromatic N) is 3. The zero-order valence-electron chi connectivity index (χ0n) is 19.1. The second-order valence-corrected chi connectivity index (χ2v) is 9.00. The molecule has 0 spiro atoms. The van der Waals surface area contributed by atoms with E-state index < -0.39 is 5.91 Å². The van der Waals surface area contributed by atoms with Crippen molar-refractivity contribution in [2.24, 2.45) is 0 Å². The average Bonchev–Trinajstić information content (AvgIpc) is 2.83. The third-order valence-corrected chi connectivity index (χ3v) is 6.13. The van der Waals surface area contributed by atoms with Crippen molar-refractivity contribution in [3.8, 4) is 11.8 Å². The van der Waals surface area contributed by atoms with Crippen molar-refractivity contribution in [2.45, 2.75) is 45.1 Å². The van der Waals surface area contributed by atoms with Gasteiger partial charge in [0.05, 0.1) is 11.7 Å². The minimum absolute atomic E-state index is 0.0272. The summed E-state index contributed by atoms with van der Waals surface area (Å²) in [6, 6.07) is 15.1. The smallest absolute Gasteiger partial charge is 0.262 e. The molecule has 0 bridgehead atoms. The van der Waals surface area contributed by atoms with E-state index in [9.17, 15) is 10.1 Å². The lowest BCUT2D eigenvalue weighted by Gasteiger charge is -2.26. The van der Waals surface area contributed by atoms with Gasteiger partial charge < -0.3 is 10.1 Å². The monoisotopic (exact) mass is 510 g/mol. The Bertz CT molecular complexity index is 979. The predicted molar refractivity (Wildman–Crippen MR) is 134 cm³/mol. The van der Waals surface area contributed by atoms with Crippen molar-refractivity contribution in [1.29, 1.82) is 5.26 Å². The molecule has 6 nitrogen and oxygen atoms in total. The van der Waals surface area contributed by atoms with Gasteiger partial charge >= 0.3 is 0 Å². The highest BCUT2D eigenvalue weighted by Gasteiger charge is 2.17. The lowest BCUT2D eigenvalue weighted by atomic mass is 10.0. The Morgan fingerprint density at radius 3 is 2.67 bits per heavy atom. The minimum Gasteiger partial charge on any atom is -0.492 e. The van der Waals surface area contributed by atoms with Crippen molar-refractivity contribution in [3.05, 3.63) is 63.9 Å². The molecule has 2 aromatic rings. The molecule has 174 valence electrons. The summed E-state index contributed by atoms with van der Waals surface area (Å²) < 4.78 is 6.57. The fraction of sp³-hybridized carbons (Fsp3) is 0.423. The number of carbonyl (C=O) groups is 1. The van der Waals surface area contributed by atoms with Crippen LogP contribution in [0.25, 0.3) is 6.08 Å². The first kappa shape index (κ1) is 24.9. The molecule has 1 fully saturated rings.